The van der Waals surface area contributed by atoms with Crippen LogP contribution in [-0.4, -0.2) is 51.3 Å². The van der Waals surface area contributed by atoms with E-state index in [1.54, 1.807) is 35.6 Å². The number of rotatable bonds is 4. The third kappa shape index (κ3) is 3.92. The van der Waals surface area contributed by atoms with Crippen LogP contribution >= 0.6 is 0 Å². The van der Waals surface area contributed by atoms with Gasteiger partial charge in [-0.2, -0.15) is 0 Å². The first-order chi connectivity index (χ1) is 11.7. The van der Waals surface area contributed by atoms with E-state index in [1.165, 1.54) is 12.4 Å². The van der Waals surface area contributed by atoms with E-state index >= 15 is 0 Å². The zero-order valence-electron chi connectivity index (χ0n) is 13.3. The molecule has 1 N–H and O–H groups in total. The monoisotopic (exact) mass is 325 g/mol. The molecule has 7 nitrogen and oxygen atoms in total. The van der Waals surface area contributed by atoms with Gasteiger partial charge < -0.3 is 10.2 Å². The van der Waals surface area contributed by atoms with Gasteiger partial charge in [-0.1, -0.05) is 0 Å². The molecule has 0 saturated carbocycles. The van der Waals surface area contributed by atoms with Gasteiger partial charge in [-0.05, 0) is 30.9 Å². The Morgan fingerprint density at radius 1 is 1.12 bits per heavy atom. The summed E-state index contributed by atoms with van der Waals surface area (Å²) in [5, 5.41) is 2.94. The molecule has 2 aromatic heterocycles. The Bertz CT molecular complexity index is 685. The lowest BCUT2D eigenvalue weighted by atomic mass is 9.96. The first-order valence-electron chi connectivity index (χ1n) is 7.97. The summed E-state index contributed by atoms with van der Waals surface area (Å²) in [6.07, 6.45) is 9.47. The average molecular weight is 325 g/mol. The number of nitrogens with zero attached hydrogens (tertiary/aromatic N) is 4. The van der Waals surface area contributed by atoms with E-state index in [-0.39, 0.29) is 11.8 Å². The molecule has 2 amide bonds. The van der Waals surface area contributed by atoms with Gasteiger partial charge in [0.05, 0.1) is 11.8 Å². The zero-order valence-corrected chi connectivity index (χ0v) is 13.3. The maximum absolute atomic E-state index is 12.3. The van der Waals surface area contributed by atoms with Crippen LogP contribution in [0.4, 0.5) is 0 Å². The highest BCUT2D eigenvalue weighted by Crippen LogP contribution is 2.18. The summed E-state index contributed by atoms with van der Waals surface area (Å²) in [6, 6.07) is 3.48. The normalized spacial score (nSPS) is 15.1. The Labute approximate surface area is 140 Å². The standard InChI is InChI=1S/C17H19N5O2/c23-16(14-2-1-5-18-11-14)21-10-13-3-8-22(9-4-13)17(24)15-12-19-6-7-20-15/h1-2,5-7,11-13H,3-4,8-10H2,(H,21,23). The fourth-order valence-corrected chi connectivity index (χ4v) is 2.75. The molecule has 3 rings (SSSR count). The number of nitrogens with one attached hydrogen (secondary N) is 1. The first kappa shape index (κ1) is 16.0. The predicted molar refractivity (Wildman–Crippen MR) is 87.2 cm³/mol. The molecule has 1 fully saturated rings. The van der Waals surface area contributed by atoms with Crippen LogP contribution in [0.5, 0.6) is 0 Å². The Kier molecular flexibility index (Phi) is 5.10. The summed E-state index contributed by atoms with van der Waals surface area (Å²) in [5.74, 6) is 0.179. The number of hydrogen-bond acceptors (Lipinski definition) is 5. The van der Waals surface area contributed by atoms with E-state index in [4.69, 9.17) is 0 Å². The van der Waals surface area contributed by atoms with E-state index in [0.717, 1.165) is 12.8 Å². The summed E-state index contributed by atoms with van der Waals surface area (Å²) in [5.41, 5.74) is 0.939. The number of carbonyl (C=O) groups excluding carboxylic acids is 2. The predicted octanol–water partition coefficient (Wildman–Crippen LogP) is 1.15. The van der Waals surface area contributed by atoms with Crippen LogP contribution in [0.1, 0.15) is 33.7 Å². The molecule has 2 aromatic rings. The van der Waals surface area contributed by atoms with Crippen LogP contribution in [0.25, 0.3) is 0 Å². The van der Waals surface area contributed by atoms with Crippen LogP contribution in [0.15, 0.2) is 43.1 Å². The summed E-state index contributed by atoms with van der Waals surface area (Å²) >= 11 is 0. The molecular formula is C17H19N5O2. The summed E-state index contributed by atoms with van der Waals surface area (Å²) in [6.45, 7) is 1.95. The molecule has 0 radical (unpaired) electrons. The van der Waals surface area contributed by atoms with Gasteiger partial charge in [0.25, 0.3) is 11.8 Å². The Morgan fingerprint density at radius 2 is 1.92 bits per heavy atom. The van der Waals surface area contributed by atoms with E-state index in [1.807, 2.05) is 0 Å². The topological polar surface area (TPSA) is 88.1 Å². The van der Waals surface area contributed by atoms with Gasteiger partial charge in [0, 0.05) is 44.4 Å². The van der Waals surface area contributed by atoms with E-state index in [0.29, 0.717) is 36.8 Å². The van der Waals surface area contributed by atoms with Crippen LogP contribution < -0.4 is 5.32 Å². The molecular weight excluding hydrogens is 306 g/mol. The fraction of sp³-hybridized carbons (Fsp3) is 0.353. The minimum Gasteiger partial charge on any atom is -0.352 e. The number of carbonyl (C=O) groups is 2. The second kappa shape index (κ2) is 7.63. The molecule has 0 unspecified atom stereocenters. The van der Waals surface area contributed by atoms with Crippen LogP contribution in [0, 0.1) is 5.92 Å². The second-order valence-electron chi connectivity index (χ2n) is 5.78. The van der Waals surface area contributed by atoms with Crippen molar-refractivity contribution in [2.24, 2.45) is 5.92 Å². The summed E-state index contributed by atoms with van der Waals surface area (Å²) < 4.78 is 0. The minimum atomic E-state index is -0.110. The smallest absolute Gasteiger partial charge is 0.274 e. The lowest BCUT2D eigenvalue weighted by Gasteiger charge is -2.31. The van der Waals surface area contributed by atoms with Gasteiger partial charge in [0.1, 0.15) is 5.69 Å². The molecule has 0 aromatic carbocycles. The number of piperidine rings is 1. The second-order valence-corrected chi connectivity index (χ2v) is 5.78. The van der Waals surface area contributed by atoms with Gasteiger partial charge in [0.2, 0.25) is 0 Å². The molecule has 1 saturated heterocycles. The van der Waals surface area contributed by atoms with Crippen molar-refractivity contribution in [1.29, 1.82) is 0 Å². The maximum atomic E-state index is 12.3. The molecule has 1 aliphatic heterocycles. The molecule has 1 aliphatic rings. The van der Waals surface area contributed by atoms with Crippen LogP contribution in [0.2, 0.25) is 0 Å². The Hall–Kier alpha value is -2.83. The van der Waals surface area contributed by atoms with Gasteiger partial charge in [-0.15, -0.1) is 0 Å². The SMILES string of the molecule is O=C(NCC1CCN(C(=O)c2cnccn2)CC1)c1cccnc1. The largest absolute Gasteiger partial charge is 0.352 e. The maximum Gasteiger partial charge on any atom is 0.274 e. The third-order valence-corrected chi connectivity index (χ3v) is 4.16. The Balaban J connectivity index is 1.46. The third-order valence-electron chi connectivity index (χ3n) is 4.16. The quantitative estimate of drug-likeness (QED) is 0.911. The van der Waals surface area contributed by atoms with Crippen molar-refractivity contribution in [3.8, 4) is 0 Å². The zero-order chi connectivity index (χ0) is 16.8. The highest BCUT2D eigenvalue weighted by atomic mass is 16.2. The molecule has 0 spiro atoms. The highest BCUT2D eigenvalue weighted by molar-refractivity contribution is 5.93. The molecule has 3 heterocycles. The number of likely N-dealkylation sites (tertiary alicyclic amines) is 1. The van der Waals surface area contributed by atoms with Crippen LogP contribution in [-0.2, 0) is 0 Å². The number of hydrogen-bond donors (Lipinski definition) is 1. The number of aromatic nitrogens is 3. The molecule has 7 heteroatoms. The van der Waals surface area contributed by atoms with Crippen molar-refractivity contribution in [3.63, 3.8) is 0 Å². The van der Waals surface area contributed by atoms with Gasteiger partial charge in [0.15, 0.2) is 0 Å². The van der Waals surface area contributed by atoms with E-state index < -0.39 is 0 Å². The molecule has 0 aliphatic carbocycles. The number of pyridine rings is 1. The van der Waals surface area contributed by atoms with Gasteiger partial charge >= 0.3 is 0 Å². The van der Waals surface area contributed by atoms with Crippen molar-refractivity contribution < 1.29 is 9.59 Å². The van der Waals surface area contributed by atoms with Crippen molar-refractivity contribution in [1.82, 2.24) is 25.2 Å². The van der Waals surface area contributed by atoms with Gasteiger partial charge in [-0.3, -0.25) is 19.6 Å². The number of amides is 2. The van der Waals surface area contributed by atoms with E-state index in [2.05, 4.69) is 20.3 Å². The minimum absolute atomic E-state index is 0.0825. The molecule has 0 bridgehead atoms. The summed E-state index contributed by atoms with van der Waals surface area (Å²) in [4.78, 5) is 38.0. The highest BCUT2D eigenvalue weighted by Gasteiger charge is 2.24. The Morgan fingerprint density at radius 3 is 2.58 bits per heavy atom. The van der Waals surface area contributed by atoms with Crippen molar-refractivity contribution >= 4 is 11.8 Å². The molecule has 124 valence electrons. The average Bonchev–Trinajstić information content (AvgIpc) is 2.67. The molecule has 0 atom stereocenters. The lowest BCUT2D eigenvalue weighted by Crippen LogP contribution is -2.41. The van der Waals surface area contributed by atoms with Gasteiger partial charge in [-0.25, -0.2) is 4.98 Å². The fourth-order valence-electron chi connectivity index (χ4n) is 2.75. The lowest BCUT2D eigenvalue weighted by molar-refractivity contribution is 0.0678. The van der Waals surface area contributed by atoms with Crippen molar-refractivity contribution in [2.75, 3.05) is 19.6 Å². The first-order valence-corrected chi connectivity index (χ1v) is 7.97. The van der Waals surface area contributed by atoms with E-state index in [9.17, 15) is 9.59 Å². The van der Waals surface area contributed by atoms with Crippen molar-refractivity contribution in [3.05, 3.63) is 54.4 Å². The van der Waals surface area contributed by atoms with Crippen LogP contribution in [0.3, 0.4) is 0 Å². The van der Waals surface area contributed by atoms with Crippen molar-refractivity contribution in [2.45, 2.75) is 12.8 Å². The molecule has 24 heavy (non-hydrogen) atoms. The summed E-state index contributed by atoms with van der Waals surface area (Å²) in [7, 11) is 0.